The highest BCUT2D eigenvalue weighted by Gasteiger charge is 2.19. The van der Waals surface area contributed by atoms with Crippen molar-refractivity contribution < 1.29 is 28.6 Å². The molecule has 0 aliphatic carbocycles. The van der Waals surface area contributed by atoms with Gasteiger partial charge in [-0.25, -0.2) is 0 Å². The van der Waals surface area contributed by atoms with E-state index < -0.39 is 6.10 Å². The predicted octanol–water partition coefficient (Wildman–Crippen LogP) is 22.4. The van der Waals surface area contributed by atoms with E-state index in [1.54, 1.807) is 0 Å². The average Bonchev–Trinajstić information content (AvgIpc) is 3.43. The van der Waals surface area contributed by atoms with Gasteiger partial charge in [0.25, 0.3) is 0 Å². The summed E-state index contributed by atoms with van der Waals surface area (Å²) in [5.41, 5.74) is 0. The van der Waals surface area contributed by atoms with Crippen LogP contribution in [0.1, 0.15) is 316 Å². The largest absolute Gasteiger partial charge is 0.462 e. The third-order valence-corrected chi connectivity index (χ3v) is 14.1. The molecule has 0 bridgehead atoms. The molecule has 1 unspecified atom stereocenters. The third kappa shape index (κ3) is 63.0. The fourth-order valence-corrected chi connectivity index (χ4v) is 9.18. The minimum atomic E-state index is -0.787. The highest BCUT2D eigenvalue weighted by molar-refractivity contribution is 5.71. The molecule has 0 amide bonds. The average molecular weight is 1070 g/mol. The van der Waals surface area contributed by atoms with Gasteiger partial charge in [0, 0.05) is 19.3 Å². The van der Waals surface area contributed by atoms with Crippen LogP contribution in [0.4, 0.5) is 0 Å². The Bertz CT molecular complexity index is 1510. The maximum atomic E-state index is 12.9. The van der Waals surface area contributed by atoms with E-state index in [2.05, 4.69) is 118 Å². The molecule has 442 valence electrons. The molecule has 0 radical (unpaired) electrons. The van der Waals surface area contributed by atoms with Gasteiger partial charge in [0.2, 0.25) is 0 Å². The second-order valence-electron chi connectivity index (χ2n) is 21.6. The molecular weight excluding hydrogens is 949 g/mol. The molecule has 0 aliphatic heterocycles. The minimum Gasteiger partial charge on any atom is -0.462 e. The van der Waals surface area contributed by atoms with Crippen LogP contribution in [0.2, 0.25) is 0 Å². The lowest BCUT2D eigenvalue weighted by molar-refractivity contribution is -0.167. The molecule has 1 atom stereocenters. The van der Waals surface area contributed by atoms with Gasteiger partial charge in [-0.2, -0.15) is 0 Å². The highest BCUT2D eigenvalue weighted by atomic mass is 16.6. The molecule has 0 spiro atoms. The Hall–Kier alpha value is -3.67. The molecular formula is C71H122O6. The summed E-state index contributed by atoms with van der Waals surface area (Å²) in [6, 6.07) is 0. The standard InChI is InChI=1S/C71H122O6/c1-4-7-10-13-16-19-22-25-27-29-31-33-35-37-39-41-43-46-49-52-55-58-61-64-70(73)76-67-68(66-75-69(72)63-60-57-54-51-48-45-24-21-18-15-12-9-6-3)77-71(74)65-62-59-56-53-50-47-44-42-40-38-36-34-32-30-28-26-23-20-17-14-11-8-5-2/h7,10,16,19,23,25-27,30-33,36-39,68H,4-6,8-9,11-15,17-18,20-22,24,28-29,34-35,40-67H2,1-3H3/b10-7-,19-16-,26-23-,27-25-,32-30-,33-31-,38-36-,39-37-. The van der Waals surface area contributed by atoms with Gasteiger partial charge < -0.3 is 14.2 Å². The quantitative estimate of drug-likeness (QED) is 0.0261. The van der Waals surface area contributed by atoms with Crippen LogP contribution >= 0.6 is 0 Å². The van der Waals surface area contributed by atoms with Gasteiger partial charge in [0.15, 0.2) is 6.10 Å². The number of ether oxygens (including phenoxy) is 3. The molecule has 0 N–H and O–H groups in total. The summed E-state index contributed by atoms with van der Waals surface area (Å²) < 4.78 is 16.9. The fourth-order valence-electron chi connectivity index (χ4n) is 9.18. The lowest BCUT2D eigenvalue weighted by Crippen LogP contribution is -2.30. The maximum Gasteiger partial charge on any atom is 0.306 e. The van der Waals surface area contributed by atoms with E-state index in [0.717, 1.165) is 116 Å². The predicted molar refractivity (Wildman–Crippen MR) is 334 cm³/mol. The van der Waals surface area contributed by atoms with E-state index in [4.69, 9.17) is 14.2 Å². The number of hydrogen-bond donors (Lipinski definition) is 0. The number of hydrogen-bond acceptors (Lipinski definition) is 6. The number of carbonyl (C=O) groups excluding carboxylic acids is 3. The zero-order valence-corrected chi connectivity index (χ0v) is 50.7. The molecule has 0 aromatic heterocycles. The van der Waals surface area contributed by atoms with Gasteiger partial charge in [-0.05, 0) is 103 Å². The van der Waals surface area contributed by atoms with E-state index in [0.29, 0.717) is 19.3 Å². The van der Waals surface area contributed by atoms with Crippen molar-refractivity contribution in [3.8, 4) is 0 Å². The molecule has 0 saturated heterocycles. The zero-order chi connectivity index (χ0) is 55.7. The number of rotatable bonds is 59. The first-order valence-corrected chi connectivity index (χ1v) is 32.7. The number of unbranched alkanes of at least 4 members (excludes halogenated alkanes) is 32. The summed E-state index contributed by atoms with van der Waals surface area (Å²) in [6.45, 7) is 6.53. The van der Waals surface area contributed by atoms with Crippen LogP contribution in [-0.4, -0.2) is 37.2 Å². The van der Waals surface area contributed by atoms with Gasteiger partial charge in [0.05, 0.1) is 0 Å². The summed E-state index contributed by atoms with van der Waals surface area (Å²) >= 11 is 0. The third-order valence-electron chi connectivity index (χ3n) is 14.1. The first kappa shape index (κ1) is 73.3. The van der Waals surface area contributed by atoms with Crippen molar-refractivity contribution in [1.29, 1.82) is 0 Å². The van der Waals surface area contributed by atoms with Crippen LogP contribution in [0.5, 0.6) is 0 Å². The molecule has 0 aromatic carbocycles. The molecule has 0 heterocycles. The van der Waals surface area contributed by atoms with Crippen LogP contribution in [0.25, 0.3) is 0 Å². The second kappa shape index (κ2) is 64.9. The number of esters is 3. The molecule has 6 heteroatoms. The Balaban J connectivity index is 4.37. The first-order chi connectivity index (χ1) is 38.0. The van der Waals surface area contributed by atoms with Crippen LogP contribution in [0.3, 0.4) is 0 Å². The summed E-state index contributed by atoms with van der Waals surface area (Å²) in [4.78, 5) is 38.3. The van der Waals surface area contributed by atoms with Gasteiger partial charge in [0.1, 0.15) is 13.2 Å². The first-order valence-electron chi connectivity index (χ1n) is 32.7. The van der Waals surface area contributed by atoms with Crippen molar-refractivity contribution in [3.63, 3.8) is 0 Å². The van der Waals surface area contributed by atoms with Crippen LogP contribution < -0.4 is 0 Å². The molecule has 0 rings (SSSR count). The van der Waals surface area contributed by atoms with Crippen molar-refractivity contribution in [3.05, 3.63) is 97.2 Å². The van der Waals surface area contributed by atoms with Gasteiger partial charge in [-0.1, -0.05) is 291 Å². The summed E-state index contributed by atoms with van der Waals surface area (Å²) in [7, 11) is 0. The Morgan fingerprint density at radius 1 is 0.273 bits per heavy atom. The van der Waals surface area contributed by atoms with E-state index in [1.165, 1.54) is 161 Å². The zero-order valence-electron chi connectivity index (χ0n) is 50.7. The van der Waals surface area contributed by atoms with Crippen molar-refractivity contribution in [1.82, 2.24) is 0 Å². The summed E-state index contributed by atoms with van der Waals surface area (Å²) in [5, 5.41) is 0. The topological polar surface area (TPSA) is 78.9 Å². The minimum absolute atomic E-state index is 0.0819. The molecule has 0 aromatic rings. The summed E-state index contributed by atoms with van der Waals surface area (Å²) in [5.74, 6) is -0.889. The number of allylic oxidation sites excluding steroid dienone is 16. The van der Waals surface area contributed by atoms with Crippen molar-refractivity contribution in [2.75, 3.05) is 13.2 Å². The SMILES string of the molecule is CC/C=C\C/C=C\C/C=C\C/C=C\C/C=C\CCCCCCCCCC(=O)OCC(COC(=O)CCCCCCCCCCCCCCC)OC(=O)CCCCCCCCCC/C=C\C/C=C\C/C=C\CCCCCCC. The monoisotopic (exact) mass is 1070 g/mol. The van der Waals surface area contributed by atoms with E-state index in [-0.39, 0.29) is 31.1 Å². The highest BCUT2D eigenvalue weighted by Crippen LogP contribution is 2.16. The molecule has 0 fully saturated rings. The van der Waals surface area contributed by atoms with Gasteiger partial charge in [-0.15, -0.1) is 0 Å². The van der Waals surface area contributed by atoms with Crippen LogP contribution in [0, 0.1) is 0 Å². The fraction of sp³-hybridized carbons (Fsp3) is 0.732. The Kier molecular flexibility index (Phi) is 61.8. The van der Waals surface area contributed by atoms with E-state index >= 15 is 0 Å². The molecule has 77 heavy (non-hydrogen) atoms. The lowest BCUT2D eigenvalue weighted by atomic mass is 10.0. The van der Waals surface area contributed by atoms with Crippen molar-refractivity contribution in [2.24, 2.45) is 0 Å². The number of carbonyl (C=O) groups is 3. The maximum absolute atomic E-state index is 12.9. The van der Waals surface area contributed by atoms with Gasteiger partial charge >= 0.3 is 17.9 Å². The van der Waals surface area contributed by atoms with E-state index in [9.17, 15) is 14.4 Å². The van der Waals surface area contributed by atoms with Crippen LogP contribution in [-0.2, 0) is 28.6 Å². The Morgan fingerprint density at radius 2 is 0.506 bits per heavy atom. The Morgan fingerprint density at radius 3 is 0.792 bits per heavy atom. The van der Waals surface area contributed by atoms with Crippen LogP contribution in [0.15, 0.2) is 97.2 Å². The molecule has 0 aliphatic rings. The summed E-state index contributed by atoms with van der Waals surface area (Å²) in [6.07, 6.45) is 86.9. The van der Waals surface area contributed by atoms with Crippen molar-refractivity contribution in [2.45, 2.75) is 322 Å². The lowest BCUT2D eigenvalue weighted by Gasteiger charge is -2.18. The Labute approximate surface area is 477 Å². The normalized spacial score (nSPS) is 12.7. The molecule has 0 saturated carbocycles. The molecule has 6 nitrogen and oxygen atoms in total. The smallest absolute Gasteiger partial charge is 0.306 e. The van der Waals surface area contributed by atoms with E-state index in [1.807, 2.05) is 0 Å². The second-order valence-corrected chi connectivity index (χ2v) is 21.6. The van der Waals surface area contributed by atoms with Gasteiger partial charge in [-0.3, -0.25) is 14.4 Å². The van der Waals surface area contributed by atoms with Crippen molar-refractivity contribution >= 4 is 17.9 Å².